The highest BCUT2D eigenvalue weighted by atomic mass is 31.2. The van der Waals surface area contributed by atoms with Gasteiger partial charge in [0.05, 0.1) is 19.8 Å². The highest BCUT2D eigenvalue weighted by Crippen LogP contribution is 2.53. The van der Waals surface area contributed by atoms with Crippen molar-refractivity contribution in [3.63, 3.8) is 0 Å². The minimum absolute atomic E-state index is 0.536. The lowest BCUT2D eigenvalue weighted by atomic mass is 10.1. The summed E-state index contributed by atoms with van der Waals surface area (Å²) in [4.78, 5) is 137. The van der Waals surface area contributed by atoms with Crippen LogP contribution >= 0.6 is 31.3 Å². The van der Waals surface area contributed by atoms with Crippen molar-refractivity contribution in [1.29, 1.82) is 0 Å². The average Bonchev–Trinajstić information content (AvgIpc) is 3.76. The third kappa shape index (κ3) is 12.4. The van der Waals surface area contributed by atoms with Crippen LogP contribution in [0.3, 0.4) is 0 Å². The summed E-state index contributed by atoms with van der Waals surface area (Å²) in [6, 6.07) is 2.40. The van der Waals surface area contributed by atoms with E-state index in [-0.39, 0.29) is 0 Å². The van der Waals surface area contributed by atoms with Gasteiger partial charge < -0.3 is 58.9 Å². The summed E-state index contributed by atoms with van der Waals surface area (Å²) < 4.78 is 97.0. The van der Waals surface area contributed by atoms with Crippen LogP contribution in [0.15, 0.2) is 65.6 Å². The van der Waals surface area contributed by atoms with Crippen molar-refractivity contribution in [2.45, 2.75) is 73.6 Å². The summed E-state index contributed by atoms with van der Waals surface area (Å²) in [5.41, 5.74) is -6.30. The molecule has 0 aromatic carbocycles. The summed E-state index contributed by atoms with van der Waals surface area (Å²) >= 11 is 0. The fourth-order valence-electron chi connectivity index (χ4n) is 6.56. The molecule has 3 aliphatic rings. The van der Waals surface area contributed by atoms with Gasteiger partial charge in [-0.25, -0.2) is 32.6 Å². The summed E-state index contributed by atoms with van der Waals surface area (Å²) in [6.45, 7) is -3.77. The van der Waals surface area contributed by atoms with Gasteiger partial charge in [0.15, 0.2) is 18.7 Å². The molecule has 0 aliphatic carbocycles. The molecular weight excluding hydrogens is 980 g/mol. The zero-order valence-corrected chi connectivity index (χ0v) is 35.5. The van der Waals surface area contributed by atoms with Gasteiger partial charge in [-0.2, -0.15) is 0 Å². The summed E-state index contributed by atoms with van der Waals surface area (Å²) in [7, 11) is -22.1. The number of hydrogen-bond donors (Lipinski definition) is 12. The molecule has 0 bridgehead atoms. The van der Waals surface area contributed by atoms with Gasteiger partial charge in [0.1, 0.15) is 54.9 Å². The monoisotopic (exact) mass is 1020 g/mol. The molecule has 3 aromatic heterocycles. The molecule has 6 rings (SSSR count). The van der Waals surface area contributed by atoms with Gasteiger partial charge >= 0.3 is 48.4 Å². The van der Waals surface area contributed by atoms with Crippen LogP contribution in [-0.4, -0.2) is 148 Å². The molecule has 3 aromatic rings. The Hall–Kier alpha value is -3.76. The molecule has 65 heavy (non-hydrogen) atoms. The van der Waals surface area contributed by atoms with Gasteiger partial charge in [0.2, 0.25) is 0 Å². The predicted molar refractivity (Wildman–Crippen MR) is 200 cm³/mol. The van der Waals surface area contributed by atoms with E-state index < -0.39 is 158 Å². The Morgan fingerprint density at radius 2 is 0.769 bits per heavy atom. The van der Waals surface area contributed by atoms with Crippen LogP contribution in [0.2, 0.25) is 0 Å². The molecule has 3 aliphatic heterocycles. The number of aromatic nitrogens is 6. The van der Waals surface area contributed by atoms with Crippen molar-refractivity contribution in [3.8, 4) is 0 Å². The second-order valence-electron chi connectivity index (χ2n) is 13.7. The number of aliphatic hydroxyl groups excluding tert-OH is 3. The van der Waals surface area contributed by atoms with Gasteiger partial charge in [-0.1, -0.05) is 0 Å². The van der Waals surface area contributed by atoms with Gasteiger partial charge in [-0.3, -0.25) is 70.2 Å². The molecule has 0 spiro atoms. The van der Waals surface area contributed by atoms with Crippen molar-refractivity contribution in [3.05, 3.63) is 99.3 Å². The number of nitrogens with zero attached hydrogens (tertiary/aromatic N) is 3. The number of hydrogen-bond acceptors (Lipinski definition) is 22. The molecular formula is C27H36N6O28P4. The van der Waals surface area contributed by atoms with E-state index >= 15 is 0 Å². The minimum atomic E-state index is -5.69. The van der Waals surface area contributed by atoms with E-state index in [1.165, 1.54) is 0 Å². The smallest absolute Gasteiger partial charge is 0.386 e. The molecule has 14 atom stereocenters. The number of ether oxygens (including phenoxy) is 3. The van der Waals surface area contributed by atoms with E-state index in [0.717, 1.165) is 36.8 Å². The quantitative estimate of drug-likeness (QED) is 0.0528. The number of phosphoric ester groups is 4. The van der Waals surface area contributed by atoms with Crippen LogP contribution in [0.25, 0.3) is 0 Å². The maximum Gasteiger partial charge on any atom is 0.472 e. The van der Waals surface area contributed by atoms with Crippen molar-refractivity contribution in [2.24, 2.45) is 0 Å². The van der Waals surface area contributed by atoms with Gasteiger partial charge in [0, 0.05) is 36.8 Å². The van der Waals surface area contributed by atoms with E-state index in [2.05, 4.69) is 9.05 Å². The Morgan fingerprint density at radius 3 is 1.05 bits per heavy atom. The first-order chi connectivity index (χ1) is 30.1. The number of rotatable bonds is 18. The maximum absolute atomic E-state index is 13.4. The van der Waals surface area contributed by atoms with Crippen molar-refractivity contribution >= 4 is 31.3 Å². The molecule has 2 unspecified atom stereocenters. The number of nitrogens with one attached hydrogen (secondary N) is 3. The first-order valence-corrected chi connectivity index (χ1v) is 23.9. The molecule has 6 heterocycles. The zero-order valence-electron chi connectivity index (χ0n) is 31.9. The predicted octanol–water partition coefficient (Wildman–Crippen LogP) is -6.00. The molecule has 3 fully saturated rings. The number of aromatic amines is 3. The van der Waals surface area contributed by atoms with Gasteiger partial charge in [-0.05, 0) is 0 Å². The van der Waals surface area contributed by atoms with Crippen molar-refractivity contribution in [1.82, 2.24) is 28.7 Å². The van der Waals surface area contributed by atoms with E-state index in [1.54, 1.807) is 0 Å². The fourth-order valence-corrected chi connectivity index (χ4v) is 9.40. The van der Waals surface area contributed by atoms with Crippen LogP contribution in [-0.2, 0) is 59.6 Å². The lowest BCUT2D eigenvalue weighted by Crippen LogP contribution is -2.39. The molecule has 0 radical (unpaired) electrons. The highest BCUT2D eigenvalue weighted by molar-refractivity contribution is 7.47. The third-order valence-corrected chi connectivity index (χ3v) is 12.3. The van der Waals surface area contributed by atoms with E-state index in [1.807, 2.05) is 15.0 Å². The summed E-state index contributed by atoms with van der Waals surface area (Å²) in [5, 5.41) is 33.1. The first-order valence-electron chi connectivity index (χ1n) is 17.8. The second-order valence-corrected chi connectivity index (χ2v) is 19.0. The minimum Gasteiger partial charge on any atom is -0.386 e. The number of H-pyrrole nitrogens is 3. The standard InChI is InChI=1S/C27H36N6O28P4/c34-13-1-4-31(25(40)28-13)22-16(37)19(59-63(46,47)48)11(57-22)8-54-64(49,50)61-21-12(58-24(18(21)39)33-6-3-15(36)30-27(33)42)9-55-65(51,52)60-20-10(7-53-62(43,44)45)56-23(17(20)38)32-5-2-14(35)29-26(32)41/h1-6,10-12,16-24,37-39H,7-9H2,(H,49,50)(H,51,52)(H,28,34,40)(H,29,35,41)(H,30,36,42)(H2,43,44,45)(H2,46,47,48)/t10-,11-,12-,16-,17-,18-,19-,20-,21-,22-,23-,24-/m1/s1. The Labute approximate surface area is 356 Å². The van der Waals surface area contributed by atoms with Gasteiger partial charge in [-0.15, -0.1) is 0 Å². The molecule has 34 nitrogen and oxygen atoms in total. The van der Waals surface area contributed by atoms with Crippen molar-refractivity contribution in [2.75, 3.05) is 19.8 Å². The topological polar surface area (TPSA) is 498 Å². The largest absolute Gasteiger partial charge is 0.472 e. The normalized spacial score (nSPS) is 31.5. The Balaban J connectivity index is 1.22. The lowest BCUT2D eigenvalue weighted by Gasteiger charge is -2.26. The fraction of sp³-hybridized carbons (Fsp3) is 0.556. The summed E-state index contributed by atoms with van der Waals surface area (Å²) in [5.74, 6) is 0. The van der Waals surface area contributed by atoms with Crippen LogP contribution in [0, 0.1) is 0 Å². The van der Waals surface area contributed by atoms with Crippen LogP contribution < -0.4 is 33.7 Å². The SMILES string of the molecule is O=c1ccn([C@@H]2O[C@H](COP(=O)(O)O[C@H]3[C@@H](O)[C@H](n4ccc(=O)[nH]c4=O)O[C@@H]3COP(=O)(O)O[C@H]3[C@@H](O)[C@H](n4ccc(=O)[nH]c4=O)O[C@@H]3COP(=O)(O)O)[C@@H](OP(=O)(O)O)[C@H]2O)c(=O)[nH]1. The first kappa shape index (κ1) is 50.6. The van der Waals surface area contributed by atoms with Crippen LogP contribution in [0.5, 0.6) is 0 Å². The van der Waals surface area contributed by atoms with E-state index in [0.29, 0.717) is 13.7 Å². The lowest BCUT2D eigenvalue weighted by molar-refractivity contribution is -0.0641. The number of aliphatic hydroxyl groups is 3. The Bertz CT molecular complexity index is 2780. The maximum atomic E-state index is 13.4. The summed E-state index contributed by atoms with van der Waals surface area (Å²) in [6.07, 6.45) is -22.2. The highest BCUT2D eigenvalue weighted by Gasteiger charge is 2.54. The molecule has 3 saturated heterocycles. The third-order valence-electron chi connectivity index (χ3n) is 9.28. The van der Waals surface area contributed by atoms with E-state index in [4.69, 9.17) is 32.3 Å². The Kier molecular flexibility index (Phi) is 15.2. The average molecular weight is 1020 g/mol. The molecule has 0 amide bonds. The van der Waals surface area contributed by atoms with Crippen LogP contribution in [0.1, 0.15) is 18.7 Å². The van der Waals surface area contributed by atoms with E-state index in [9.17, 15) is 91.7 Å². The van der Waals surface area contributed by atoms with Gasteiger partial charge in [0.25, 0.3) is 16.7 Å². The zero-order chi connectivity index (χ0) is 48.0. The molecule has 38 heteroatoms. The molecule has 362 valence electrons. The molecule has 12 N–H and O–H groups in total. The number of phosphoric acid groups is 4. The Morgan fingerprint density at radius 1 is 0.477 bits per heavy atom. The second kappa shape index (κ2) is 19.5. The molecule has 0 saturated carbocycles. The van der Waals surface area contributed by atoms with Crippen molar-refractivity contribution < 1.29 is 104 Å². The van der Waals surface area contributed by atoms with Crippen LogP contribution in [0.4, 0.5) is 0 Å².